The van der Waals surface area contributed by atoms with E-state index in [4.69, 9.17) is 0 Å². The van der Waals surface area contributed by atoms with E-state index in [1.807, 2.05) is 6.92 Å². The molecule has 6 heteroatoms. The van der Waals surface area contributed by atoms with Crippen LogP contribution in [0.15, 0.2) is 24.3 Å². The predicted octanol–water partition coefficient (Wildman–Crippen LogP) is 2.98. The van der Waals surface area contributed by atoms with E-state index in [0.717, 1.165) is 13.1 Å². The van der Waals surface area contributed by atoms with Gasteiger partial charge < -0.3 is 10.6 Å². The molecule has 116 valence electrons. The second kappa shape index (κ2) is 6.47. The molecule has 0 aromatic heterocycles. The minimum Gasteiger partial charge on any atom is -0.326 e. The Morgan fingerprint density at radius 3 is 2.71 bits per heavy atom. The van der Waals surface area contributed by atoms with E-state index < -0.39 is 12.6 Å². The normalized spacial score (nSPS) is 17.1. The summed E-state index contributed by atoms with van der Waals surface area (Å²) in [5, 5.41) is 5.89. The van der Waals surface area contributed by atoms with Crippen molar-refractivity contribution in [2.24, 2.45) is 11.8 Å². The molecule has 0 saturated carbocycles. The molecule has 0 aliphatic carbocycles. The summed E-state index contributed by atoms with van der Waals surface area (Å²) in [6.07, 6.45) is -5.09. The van der Waals surface area contributed by atoms with Crippen LogP contribution in [0.2, 0.25) is 0 Å². The SMILES string of the molecule is CC(C(=O)Nc1cccc(CCC(F)(F)F)c1)C1CNC1. The van der Waals surface area contributed by atoms with Gasteiger partial charge in [0, 0.05) is 18.0 Å². The number of aryl methyl sites for hydroxylation is 1. The van der Waals surface area contributed by atoms with Gasteiger partial charge in [0.15, 0.2) is 0 Å². The van der Waals surface area contributed by atoms with Gasteiger partial charge in [-0.25, -0.2) is 0 Å². The van der Waals surface area contributed by atoms with Crippen LogP contribution in [0.3, 0.4) is 0 Å². The van der Waals surface area contributed by atoms with Crippen molar-refractivity contribution in [2.75, 3.05) is 18.4 Å². The Morgan fingerprint density at radius 2 is 2.14 bits per heavy atom. The fourth-order valence-electron chi connectivity index (χ4n) is 2.23. The Labute approximate surface area is 121 Å². The molecule has 2 N–H and O–H groups in total. The van der Waals surface area contributed by atoms with Crippen molar-refractivity contribution >= 4 is 11.6 Å². The number of rotatable bonds is 5. The molecular weight excluding hydrogens is 281 g/mol. The van der Waals surface area contributed by atoms with Crippen molar-refractivity contribution in [3.8, 4) is 0 Å². The monoisotopic (exact) mass is 300 g/mol. The molecule has 1 saturated heterocycles. The van der Waals surface area contributed by atoms with Crippen molar-refractivity contribution in [3.63, 3.8) is 0 Å². The number of halogens is 3. The predicted molar refractivity (Wildman–Crippen MR) is 75.0 cm³/mol. The van der Waals surface area contributed by atoms with E-state index in [2.05, 4.69) is 10.6 Å². The zero-order valence-corrected chi connectivity index (χ0v) is 11.8. The highest BCUT2D eigenvalue weighted by Gasteiger charge is 2.29. The van der Waals surface area contributed by atoms with E-state index in [1.54, 1.807) is 24.3 Å². The Hall–Kier alpha value is -1.56. The molecule has 3 nitrogen and oxygen atoms in total. The average Bonchev–Trinajstić information content (AvgIpc) is 2.34. The summed E-state index contributed by atoms with van der Waals surface area (Å²) in [6, 6.07) is 6.60. The van der Waals surface area contributed by atoms with Gasteiger partial charge in [-0.05, 0) is 43.1 Å². The van der Waals surface area contributed by atoms with E-state index in [0.29, 0.717) is 17.2 Å². The van der Waals surface area contributed by atoms with Crippen molar-refractivity contribution in [2.45, 2.75) is 25.9 Å². The molecule has 1 amide bonds. The number of nitrogens with one attached hydrogen (secondary N) is 2. The molecule has 0 bridgehead atoms. The lowest BCUT2D eigenvalue weighted by Crippen LogP contribution is -2.48. The number of anilines is 1. The largest absolute Gasteiger partial charge is 0.389 e. The van der Waals surface area contributed by atoms with Crippen molar-refractivity contribution in [1.82, 2.24) is 5.32 Å². The van der Waals surface area contributed by atoms with Crippen LogP contribution >= 0.6 is 0 Å². The standard InChI is InChI=1S/C15H19F3N2O/c1-10(12-8-19-9-12)14(21)20-13-4-2-3-11(7-13)5-6-15(16,17)18/h2-4,7,10,12,19H,5-6,8-9H2,1H3,(H,20,21). The number of alkyl halides is 3. The zero-order valence-electron chi connectivity index (χ0n) is 11.8. The molecule has 0 radical (unpaired) electrons. The van der Waals surface area contributed by atoms with Gasteiger partial charge in [0.2, 0.25) is 5.91 Å². The van der Waals surface area contributed by atoms with Gasteiger partial charge in [-0.15, -0.1) is 0 Å². The van der Waals surface area contributed by atoms with E-state index in [9.17, 15) is 18.0 Å². The minimum atomic E-state index is -4.16. The van der Waals surface area contributed by atoms with Crippen LogP contribution in [0.4, 0.5) is 18.9 Å². The van der Waals surface area contributed by atoms with Crippen molar-refractivity contribution in [3.05, 3.63) is 29.8 Å². The molecule has 1 atom stereocenters. The first-order valence-electron chi connectivity index (χ1n) is 7.02. The Balaban J connectivity index is 1.92. The molecule has 1 aliphatic rings. The summed E-state index contributed by atoms with van der Waals surface area (Å²) in [7, 11) is 0. The van der Waals surface area contributed by atoms with E-state index in [1.165, 1.54) is 0 Å². The molecule has 1 aromatic rings. The van der Waals surface area contributed by atoms with Crippen molar-refractivity contribution in [1.29, 1.82) is 0 Å². The Kier molecular flexibility index (Phi) is 4.88. The Morgan fingerprint density at radius 1 is 1.43 bits per heavy atom. The van der Waals surface area contributed by atoms with Gasteiger partial charge >= 0.3 is 6.18 Å². The highest BCUT2D eigenvalue weighted by Crippen LogP contribution is 2.23. The lowest BCUT2D eigenvalue weighted by Gasteiger charge is -2.31. The van der Waals surface area contributed by atoms with Gasteiger partial charge in [0.25, 0.3) is 0 Å². The van der Waals surface area contributed by atoms with Crippen LogP contribution in [-0.2, 0) is 11.2 Å². The molecule has 1 aliphatic heterocycles. The lowest BCUT2D eigenvalue weighted by molar-refractivity contribution is -0.134. The quantitative estimate of drug-likeness (QED) is 0.878. The second-order valence-corrected chi connectivity index (χ2v) is 5.51. The lowest BCUT2D eigenvalue weighted by atomic mass is 9.88. The number of benzene rings is 1. The minimum absolute atomic E-state index is 0.0741. The maximum absolute atomic E-state index is 12.2. The maximum atomic E-state index is 12.2. The van der Waals surface area contributed by atoms with E-state index in [-0.39, 0.29) is 18.2 Å². The van der Waals surface area contributed by atoms with Crippen LogP contribution in [-0.4, -0.2) is 25.2 Å². The summed E-state index contributed by atoms with van der Waals surface area (Å²) in [5.74, 6) is 0.137. The van der Waals surface area contributed by atoms with Crippen LogP contribution < -0.4 is 10.6 Å². The maximum Gasteiger partial charge on any atom is 0.389 e. The fraction of sp³-hybridized carbons (Fsp3) is 0.533. The molecule has 1 fully saturated rings. The number of carbonyl (C=O) groups is 1. The third kappa shape index (κ3) is 4.74. The van der Waals surface area contributed by atoms with Gasteiger partial charge in [-0.1, -0.05) is 19.1 Å². The fourth-order valence-corrected chi connectivity index (χ4v) is 2.23. The summed E-state index contributed by atoms with van der Waals surface area (Å²) in [4.78, 5) is 12.1. The molecule has 21 heavy (non-hydrogen) atoms. The topological polar surface area (TPSA) is 41.1 Å². The first-order chi connectivity index (χ1) is 9.85. The first kappa shape index (κ1) is 15.8. The third-order valence-electron chi connectivity index (χ3n) is 3.83. The first-order valence-corrected chi connectivity index (χ1v) is 7.02. The second-order valence-electron chi connectivity index (χ2n) is 5.51. The third-order valence-corrected chi connectivity index (χ3v) is 3.83. The molecule has 0 spiro atoms. The molecule has 1 unspecified atom stereocenters. The highest BCUT2D eigenvalue weighted by molar-refractivity contribution is 5.92. The molecule has 1 aromatic carbocycles. The van der Waals surface area contributed by atoms with Crippen molar-refractivity contribution < 1.29 is 18.0 Å². The summed E-state index contributed by atoms with van der Waals surface area (Å²) in [5.41, 5.74) is 1.13. The van der Waals surface area contributed by atoms with Crippen LogP contribution in [0.25, 0.3) is 0 Å². The number of hydrogen-bond donors (Lipinski definition) is 2. The van der Waals surface area contributed by atoms with Crippen LogP contribution in [0.1, 0.15) is 18.9 Å². The van der Waals surface area contributed by atoms with E-state index >= 15 is 0 Å². The molecule has 2 rings (SSSR count). The number of hydrogen-bond acceptors (Lipinski definition) is 2. The van der Waals surface area contributed by atoms with Gasteiger partial charge in [-0.3, -0.25) is 4.79 Å². The summed E-state index contributed by atoms with van der Waals surface area (Å²) in [6.45, 7) is 3.54. The van der Waals surface area contributed by atoms with Gasteiger partial charge in [0.05, 0.1) is 0 Å². The highest BCUT2D eigenvalue weighted by atomic mass is 19.4. The number of carbonyl (C=O) groups excluding carboxylic acids is 1. The molecular formula is C15H19F3N2O. The van der Waals surface area contributed by atoms with Crippen LogP contribution in [0, 0.1) is 11.8 Å². The zero-order chi connectivity index (χ0) is 15.5. The summed E-state index contributed by atoms with van der Waals surface area (Å²) >= 11 is 0. The summed E-state index contributed by atoms with van der Waals surface area (Å²) < 4.78 is 36.6. The van der Waals surface area contributed by atoms with Crippen LogP contribution in [0.5, 0.6) is 0 Å². The molecule has 1 heterocycles. The Bertz CT molecular complexity index is 498. The van der Waals surface area contributed by atoms with Gasteiger partial charge in [0.1, 0.15) is 0 Å². The smallest absolute Gasteiger partial charge is 0.326 e. The van der Waals surface area contributed by atoms with Gasteiger partial charge in [-0.2, -0.15) is 13.2 Å². The number of amides is 1. The average molecular weight is 300 g/mol.